The zero-order valence-electron chi connectivity index (χ0n) is 15.6. The van der Waals surface area contributed by atoms with Crippen LogP contribution in [0.4, 0.5) is 18.9 Å². The molecule has 154 valence electrons. The number of rotatable bonds is 4. The molecular formula is C22H16F3NO4. The van der Waals surface area contributed by atoms with Crippen LogP contribution >= 0.6 is 0 Å². The largest absolute Gasteiger partial charge is 0.485 e. The second-order valence-electron chi connectivity index (χ2n) is 6.86. The Balaban J connectivity index is 1.57. The third kappa shape index (κ3) is 4.07. The van der Waals surface area contributed by atoms with Crippen LogP contribution in [0.5, 0.6) is 17.2 Å². The number of hydrogen-bond donors (Lipinski definition) is 0. The normalized spacial score (nSPS) is 15.8. The fraction of sp³-hybridized carbons (Fsp3) is 0.182. The van der Waals surface area contributed by atoms with E-state index in [1.54, 1.807) is 18.2 Å². The lowest BCUT2D eigenvalue weighted by Crippen LogP contribution is -2.15. The molecule has 4 rings (SSSR count). The van der Waals surface area contributed by atoms with Gasteiger partial charge in [0.1, 0.15) is 17.6 Å². The highest BCUT2D eigenvalue weighted by atomic mass is 19.4. The van der Waals surface area contributed by atoms with E-state index in [0.29, 0.717) is 24.0 Å². The molecule has 3 aromatic carbocycles. The van der Waals surface area contributed by atoms with Crippen molar-refractivity contribution in [3.63, 3.8) is 0 Å². The first-order valence-electron chi connectivity index (χ1n) is 9.19. The number of nitro benzene ring substituents is 1. The lowest BCUT2D eigenvalue weighted by atomic mass is 9.97. The molecule has 0 N–H and O–H groups in total. The molecule has 0 saturated heterocycles. The maximum Gasteiger partial charge on any atom is 0.416 e. The van der Waals surface area contributed by atoms with Gasteiger partial charge in [0.25, 0.3) is 0 Å². The van der Waals surface area contributed by atoms with Crippen LogP contribution < -0.4 is 9.47 Å². The van der Waals surface area contributed by atoms with Gasteiger partial charge in [-0.05, 0) is 54.3 Å². The van der Waals surface area contributed by atoms with Gasteiger partial charge in [0, 0.05) is 6.07 Å². The molecular weight excluding hydrogens is 399 g/mol. The van der Waals surface area contributed by atoms with Crippen LogP contribution in [-0.2, 0) is 12.6 Å². The van der Waals surface area contributed by atoms with E-state index in [4.69, 9.17) is 9.47 Å². The van der Waals surface area contributed by atoms with Crippen molar-refractivity contribution >= 4 is 5.69 Å². The number of hydrogen-bond acceptors (Lipinski definition) is 4. The van der Waals surface area contributed by atoms with Gasteiger partial charge in [-0.15, -0.1) is 0 Å². The summed E-state index contributed by atoms with van der Waals surface area (Å²) in [7, 11) is 0. The Bertz CT molecular complexity index is 1080. The van der Waals surface area contributed by atoms with E-state index in [-0.39, 0.29) is 11.9 Å². The number of ether oxygens (including phenoxy) is 2. The Morgan fingerprint density at radius 2 is 1.80 bits per heavy atom. The van der Waals surface area contributed by atoms with E-state index in [1.165, 1.54) is 0 Å². The molecule has 30 heavy (non-hydrogen) atoms. The first-order valence-corrected chi connectivity index (χ1v) is 9.19. The Morgan fingerprint density at radius 1 is 1.03 bits per heavy atom. The lowest BCUT2D eigenvalue weighted by Gasteiger charge is -2.26. The van der Waals surface area contributed by atoms with E-state index in [9.17, 15) is 23.3 Å². The minimum absolute atomic E-state index is 0.0681. The van der Waals surface area contributed by atoms with Crippen molar-refractivity contribution in [1.29, 1.82) is 0 Å². The number of alkyl halides is 3. The minimum atomic E-state index is -4.68. The molecule has 1 heterocycles. The molecule has 1 atom stereocenters. The molecule has 0 radical (unpaired) electrons. The highest BCUT2D eigenvalue weighted by molar-refractivity contribution is 5.52. The molecule has 0 aromatic heterocycles. The maximum absolute atomic E-state index is 12.9. The summed E-state index contributed by atoms with van der Waals surface area (Å²) >= 11 is 0. The van der Waals surface area contributed by atoms with E-state index in [1.807, 2.05) is 30.3 Å². The predicted octanol–water partition coefficient (Wildman–Crippen LogP) is 6.47. The summed E-state index contributed by atoms with van der Waals surface area (Å²) < 4.78 is 50.2. The molecule has 0 spiro atoms. The second kappa shape index (κ2) is 7.70. The van der Waals surface area contributed by atoms with Gasteiger partial charge < -0.3 is 9.47 Å². The summed E-state index contributed by atoms with van der Waals surface area (Å²) in [6.45, 7) is 0. The van der Waals surface area contributed by atoms with Gasteiger partial charge in [0.05, 0.1) is 10.5 Å². The van der Waals surface area contributed by atoms with Crippen molar-refractivity contribution in [2.45, 2.75) is 25.1 Å². The summed E-state index contributed by atoms with van der Waals surface area (Å²) in [5, 5.41) is 11.2. The predicted molar refractivity (Wildman–Crippen MR) is 103 cm³/mol. The number of nitrogens with zero attached hydrogens (tertiary/aromatic N) is 1. The average molecular weight is 415 g/mol. The van der Waals surface area contributed by atoms with Gasteiger partial charge >= 0.3 is 11.9 Å². The van der Waals surface area contributed by atoms with Crippen LogP contribution in [0.25, 0.3) is 0 Å². The first kappa shape index (κ1) is 19.8. The zero-order chi connectivity index (χ0) is 21.3. The number of fused-ring (bicyclic) bond motifs is 1. The van der Waals surface area contributed by atoms with Gasteiger partial charge in [-0.2, -0.15) is 13.2 Å². The third-order valence-corrected chi connectivity index (χ3v) is 4.86. The van der Waals surface area contributed by atoms with Gasteiger partial charge in [-0.1, -0.05) is 30.3 Å². The highest BCUT2D eigenvalue weighted by Crippen LogP contribution is 2.40. The molecule has 3 aromatic rings. The average Bonchev–Trinajstić information content (AvgIpc) is 2.73. The van der Waals surface area contributed by atoms with Gasteiger partial charge in [0.15, 0.2) is 0 Å². The summed E-state index contributed by atoms with van der Waals surface area (Å²) in [6, 6.07) is 17.0. The smallest absolute Gasteiger partial charge is 0.416 e. The van der Waals surface area contributed by atoms with Gasteiger partial charge in [-0.25, -0.2) is 0 Å². The molecule has 0 saturated carbocycles. The molecule has 1 unspecified atom stereocenters. The molecule has 5 nitrogen and oxygen atoms in total. The Labute approximate surface area is 169 Å². The summed E-state index contributed by atoms with van der Waals surface area (Å²) in [4.78, 5) is 10.3. The van der Waals surface area contributed by atoms with Gasteiger partial charge in [0.2, 0.25) is 5.75 Å². The number of nitro groups is 1. The van der Waals surface area contributed by atoms with Crippen molar-refractivity contribution in [1.82, 2.24) is 0 Å². The topological polar surface area (TPSA) is 61.6 Å². The lowest BCUT2D eigenvalue weighted by molar-refractivity contribution is -0.385. The molecule has 0 bridgehead atoms. The first-order chi connectivity index (χ1) is 14.3. The third-order valence-electron chi connectivity index (χ3n) is 4.86. The molecule has 0 fully saturated rings. The van der Waals surface area contributed by atoms with Crippen LogP contribution in [0.2, 0.25) is 0 Å². The van der Waals surface area contributed by atoms with Gasteiger partial charge in [-0.3, -0.25) is 10.1 Å². The summed E-state index contributed by atoms with van der Waals surface area (Å²) in [6.07, 6.45) is -3.29. The van der Waals surface area contributed by atoms with Crippen molar-refractivity contribution in [3.8, 4) is 17.2 Å². The monoisotopic (exact) mass is 415 g/mol. The fourth-order valence-corrected chi connectivity index (χ4v) is 3.38. The maximum atomic E-state index is 12.9. The number of benzene rings is 3. The van der Waals surface area contributed by atoms with Crippen LogP contribution in [0.15, 0.2) is 66.7 Å². The Hall–Kier alpha value is -3.55. The molecule has 1 aliphatic heterocycles. The summed E-state index contributed by atoms with van der Waals surface area (Å²) in [5.74, 6) is 0.717. The van der Waals surface area contributed by atoms with Crippen LogP contribution in [0.1, 0.15) is 29.2 Å². The minimum Gasteiger partial charge on any atom is -0.485 e. The summed E-state index contributed by atoms with van der Waals surface area (Å²) in [5.41, 5.74) is 0.0911. The van der Waals surface area contributed by atoms with Crippen molar-refractivity contribution < 1.29 is 27.6 Å². The molecule has 0 aliphatic carbocycles. The number of halogens is 3. The van der Waals surface area contributed by atoms with E-state index >= 15 is 0 Å². The standard InChI is InChI=1S/C22H16F3NO4/c23-22(24,25)16-7-10-21(18(13-16)26(27)28)29-17-8-11-20-15(12-17)6-9-19(30-20)14-4-2-1-3-5-14/h1-5,7-8,10-13,19H,6,9H2. The highest BCUT2D eigenvalue weighted by Gasteiger charge is 2.33. The zero-order valence-corrected chi connectivity index (χ0v) is 15.6. The number of aryl methyl sites for hydroxylation is 1. The second-order valence-corrected chi connectivity index (χ2v) is 6.86. The van der Waals surface area contributed by atoms with E-state index in [0.717, 1.165) is 29.7 Å². The van der Waals surface area contributed by atoms with Crippen LogP contribution in [-0.4, -0.2) is 4.92 Å². The van der Waals surface area contributed by atoms with Crippen LogP contribution in [0, 0.1) is 10.1 Å². The van der Waals surface area contributed by atoms with Crippen LogP contribution in [0.3, 0.4) is 0 Å². The molecule has 0 amide bonds. The van der Waals surface area contributed by atoms with E-state index in [2.05, 4.69) is 0 Å². The Kier molecular flexibility index (Phi) is 5.07. The Morgan fingerprint density at radius 3 is 2.50 bits per heavy atom. The fourth-order valence-electron chi connectivity index (χ4n) is 3.38. The van der Waals surface area contributed by atoms with Crippen molar-refractivity contribution in [2.75, 3.05) is 0 Å². The molecule has 8 heteroatoms. The van der Waals surface area contributed by atoms with E-state index < -0.39 is 22.4 Å². The van der Waals surface area contributed by atoms with Crippen molar-refractivity contribution in [3.05, 3.63) is 93.5 Å². The SMILES string of the molecule is O=[N+]([O-])c1cc(C(F)(F)F)ccc1Oc1ccc2c(c1)CCC(c1ccccc1)O2. The van der Waals surface area contributed by atoms with Crippen molar-refractivity contribution in [2.24, 2.45) is 0 Å². The quantitative estimate of drug-likeness (QED) is 0.362. The molecule has 1 aliphatic rings.